The molecular weight excluding hydrogens is 236 g/mol. The first-order valence-corrected chi connectivity index (χ1v) is 5.91. The third-order valence-electron chi connectivity index (χ3n) is 3.60. The number of rotatable bonds is 4. The van der Waals surface area contributed by atoms with Gasteiger partial charge in [-0.15, -0.1) is 0 Å². The molecule has 0 spiro atoms. The first kappa shape index (κ1) is 12.5. The molecule has 0 radical (unpaired) electrons. The van der Waals surface area contributed by atoms with Gasteiger partial charge in [0.05, 0.1) is 5.41 Å². The second kappa shape index (κ2) is 4.75. The maximum Gasteiger partial charge on any atom is 0.311 e. The smallest absolute Gasteiger partial charge is 0.311 e. The van der Waals surface area contributed by atoms with Gasteiger partial charge in [0.15, 0.2) is 0 Å². The molecule has 0 aliphatic carbocycles. The topological polar surface area (TPSA) is 88.3 Å². The minimum absolute atomic E-state index is 0.111. The lowest BCUT2D eigenvalue weighted by atomic mass is 9.84. The fourth-order valence-corrected chi connectivity index (χ4v) is 2.25. The van der Waals surface area contributed by atoms with Crippen LogP contribution in [0, 0.1) is 5.41 Å². The van der Waals surface area contributed by atoms with Crippen LogP contribution in [0.2, 0.25) is 0 Å². The summed E-state index contributed by atoms with van der Waals surface area (Å²) in [6, 6.07) is 0. The van der Waals surface area contributed by atoms with Gasteiger partial charge < -0.3 is 10.0 Å². The van der Waals surface area contributed by atoms with Crippen LogP contribution in [0.4, 0.5) is 0 Å². The molecule has 2 rings (SSSR count). The van der Waals surface area contributed by atoms with Crippen molar-refractivity contribution >= 4 is 11.9 Å². The molecule has 7 nitrogen and oxygen atoms in total. The summed E-state index contributed by atoms with van der Waals surface area (Å²) < 4.78 is 1.44. The number of amides is 1. The number of hydrogen-bond acceptors (Lipinski definition) is 4. The normalized spacial score (nSPS) is 23.3. The highest BCUT2D eigenvalue weighted by Gasteiger charge is 2.44. The van der Waals surface area contributed by atoms with Crippen LogP contribution in [0.15, 0.2) is 12.7 Å². The van der Waals surface area contributed by atoms with Crippen LogP contribution in [-0.4, -0.2) is 49.7 Å². The van der Waals surface area contributed by atoms with Crippen LogP contribution in [0.5, 0.6) is 0 Å². The van der Waals surface area contributed by atoms with Crippen molar-refractivity contribution in [3.63, 3.8) is 0 Å². The van der Waals surface area contributed by atoms with Crippen LogP contribution < -0.4 is 0 Å². The van der Waals surface area contributed by atoms with Crippen LogP contribution in [0.25, 0.3) is 0 Å². The van der Waals surface area contributed by atoms with Gasteiger partial charge in [-0.05, 0) is 12.8 Å². The highest BCUT2D eigenvalue weighted by molar-refractivity contribution is 5.80. The number of carboxylic acids is 1. The Labute approximate surface area is 104 Å². The molecule has 2 heterocycles. The van der Waals surface area contributed by atoms with Gasteiger partial charge in [0.25, 0.3) is 0 Å². The number of aliphatic carboxylic acids is 1. The van der Waals surface area contributed by atoms with E-state index in [0.29, 0.717) is 19.4 Å². The summed E-state index contributed by atoms with van der Waals surface area (Å²) in [7, 11) is 0. The molecule has 0 saturated carbocycles. The van der Waals surface area contributed by atoms with E-state index in [0.717, 1.165) is 0 Å². The van der Waals surface area contributed by atoms with E-state index in [1.807, 2.05) is 6.92 Å². The van der Waals surface area contributed by atoms with Crippen LogP contribution in [0.3, 0.4) is 0 Å². The molecule has 1 aliphatic heterocycles. The predicted molar refractivity (Wildman–Crippen MR) is 61.6 cm³/mol. The van der Waals surface area contributed by atoms with Crippen molar-refractivity contribution in [1.29, 1.82) is 0 Å². The summed E-state index contributed by atoms with van der Waals surface area (Å²) in [5.74, 6) is -0.932. The van der Waals surface area contributed by atoms with E-state index >= 15 is 0 Å². The van der Waals surface area contributed by atoms with Gasteiger partial charge in [-0.1, -0.05) is 6.92 Å². The largest absolute Gasteiger partial charge is 0.481 e. The molecule has 1 fully saturated rings. The number of carboxylic acid groups (broad SMARTS) is 1. The zero-order valence-electron chi connectivity index (χ0n) is 10.2. The number of nitrogens with zero attached hydrogens (tertiary/aromatic N) is 4. The summed E-state index contributed by atoms with van der Waals surface area (Å²) in [5.41, 5.74) is -0.780. The minimum atomic E-state index is -0.818. The Kier molecular flexibility index (Phi) is 3.31. The molecule has 1 aromatic rings. The van der Waals surface area contributed by atoms with E-state index < -0.39 is 11.4 Å². The van der Waals surface area contributed by atoms with Crippen molar-refractivity contribution in [2.24, 2.45) is 5.41 Å². The standard InChI is InChI=1S/C11H16N4O3/c1-2-11(10(17)18)3-4-14(6-11)9(16)5-15-8-12-7-13-15/h7-8H,2-6H2,1H3,(H,17,18). The highest BCUT2D eigenvalue weighted by atomic mass is 16.4. The summed E-state index contributed by atoms with van der Waals surface area (Å²) >= 11 is 0. The van der Waals surface area contributed by atoms with Gasteiger partial charge in [-0.3, -0.25) is 9.59 Å². The Bertz CT molecular complexity index is 445. The van der Waals surface area contributed by atoms with Crippen molar-refractivity contribution in [3.8, 4) is 0 Å². The molecule has 1 N–H and O–H groups in total. The van der Waals surface area contributed by atoms with Crippen molar-refractivity contribution in [2.45, 2.75) is 26.3 Å². The molecule has 1 aliphatic rings. The summed E-state index contributed by atoms with van der Waals surface area (Å²) in [4.78, 5) is 28.6. The molecule has 7 heteroatoms. The third-order valence-corrected chi connectivity index (χ3v) is 3.60. The van der Waals surface area contributed by atoms with E-state index in [9.17, 15) is 14.7 Å². The summed E-state index contributed by atoms with van der Waals surface area (Å²) in [6.45, 7) is 2.74. The first-order valence-electron chi connectivity index (χ1n) is 5.91. The SMILES string of the molecule is CCC1(C(=O)O)CCN(C(=O)Cn2cncn2)C1. The van der Waals surface area contributed by atoms with Crippen molar-refractivity contribution in [3.05, 3.63) is 12.7 Å². The van der Waals surface area contributed by atoms with Crippen molar-refractivity contribution < 1.29 is 14.7 Å². The molecule has 0 bridgehead atoms. The lowest BCUT2D eigenvalue weighted by molar-refractivity contribution is -0.148. The average Bonchev–Trinajstić information content (AvgIpc) is 2.97. The summed E-state index contributed by atoms with van der Waals surface area (Å²) in [6.07, 6.45) is 3.89. The second-order valence-electron chi connectivity index (χ2n) is 4.60. The van der Waals surface area contributed by atoms with Gasteiger partial charge in [-0.25, -0.2) is 9.67 Å². The maximum absolute atomic E-state index is 12.0. The number of carbonyl (C=O) groups excluding carboxylic acids is 1. The van der Waals surface area contributed by atoms with Gasteiger partial charge in [0.2, 0.25) is 5.91 Å². The van der Waals surface area contributed by atoms with Crippen LogP contribution >= 0.6 is 0 Å². The molecule has 1 aromatic heterocycles. The van der Waals surface area contributed by atoms with E-state index in [1.165, 1.54) is 17.3 Å². The number of likely N-dealkylation sites (tertiary alicyclic amines) is 1. The molecule has 98 valence electrons. The number of aromatic nitrogens is 3. The molecule has 1 unspecified atom stereocenters. The Morgan fingerprint density at radius 1 is 1.50 bits per heavy atom. The van der Waals surface area contributed by atoms with Crippen LogP contribution in [0.1, 0.15) is 19.8 Å². The average molecular weight is 252 g/mol. The zero-order valence-corrected chi connectivity index (χ0v) is 10.2. The number of hydrogen-bond donors (Lipinski definition) is 1. The Hall–Kier alpha value is -1.92. The lowest BCUT2D eigenvalue weighted by Crippen LogP contribution is -2.37. The molecule has 18 heavy (non-hydrogen) atoms. The lowest BCUT2D eigenvalue weighted by Gasteiger charge is -2.23. The van der Waals surface area contributed by atoms with Gasteiger partial charge in [0.1, 0.15) is 19.2 Å². The summed E-state index contributed by atoms with van der Waals surface area (Å²) in [5, 5.41) is 13.1. The molecule has 1 amide bonds. The number of carbonyl (C=O) groups is 2. The zero-order chi connectivity index (χ0) is 13.2. The Morgan fingerprint density at radius 2 is 2.28 bits per heavy atom. The van der Waals surface area contributed by atoms with Crippen LogP contribution in [-0.2, 0) is 16.1 Å². The molecule has 0 aromatic carbocycles. The molecule has 1 atom stereocenters. The van der Waals surface area contributed by atoms with E-state index in [2.05, 4.69) is 10.1 Å². The van der Waals surface area contributed by atoms with E-state index in [1.54, 1.807) is 4.90 Å². The fraction of sp³-hybridized carbons (Fsp3) is 0.636. The second-order valence-corrected chi connectivity index (χ2v) is 4.60. The van der Waals surface area contributed by atoms with Gasteiger partial charge in [0, 0.05) is 13.1 Å². The Morgan fingerprint density at radius 3 is 2.78 bits per heavy atom. The molecule has 1 saturated heterocycles. The van der Waals surface area contributed by atoms with E-state index in [4.69, 9.17) is 0 Å². The monoisotopic (exact) mass is 252 g/mol. The third kappa shape index (κ3) is 2.20. The maximum atomic E-state index is 12.0. The highest BCUT2D eigenvalue weighted by Crippen LogP contribution is 2.34. The quantitative estimate of drug-likeness (QED) is 0.814. The van der Waals surface area contributed by atoms with Crippen molar-refractivity contribution in [2.75, 3.05) is 13.1 Å². The minimum Gasteiger partial charge on any atom is -0.481 e. The molecular formula is C11H16N4O3. The predicted octanol–water partition coefficient (Wildman–Crippen LogP) is -0.00860. The van der Waals surface area contributed by atoms with Crippen molar-refractivity contribution in [1.82, 2.24) is 19.7 Å². The Balaban J connectivity index is 2.00. The van der Waals surface area contributed by atoms with E-state index in [-0.39, 0.29) is 19.0 Å². The van der Waals surface area contributed by atoms with Gasteiger partial charge in [-0.2, -0.15) is 5.10 Å². The first-order chi connectivity index (χ1) is 8.57. The van der Waals surface area contributed by atoms with Gasteiger partial charge >= 0.3 is 5.97 Å². The fourth-order valence-electron chi connectivity index (χ4n) is 2.25.